The molecule has 1 heterocycles. The van der Waals surface area contributed by atoms with E-state index in [0.29, 0.717) is 12.3 Å². The molecule has 2 rings (SSSR count). The van der Waals surface area contributed by atoms with Crippen molar-refractivity contribution in [1.29, 1.82) is 0 Å². The van der Waals surface area contributed by atoms with E-state index in [9.17, 15) is 4.21 Å². The summed E-state index contributed by atoms with van der Waals surface area (Å²) in [4.78, 5) is 6.72. The van der Waals surface area contributed by atoms with Crippen LogP contribution in [-0.4, -0.2) is 35.6 Å². The first kappa shape index (κ1) is 17.7. The molecule has 23 heavy (non-hydrogen) atoms. The van der Waals surface area contributed by atoms with Crippen molar-refractivity contribution >= 4 is 28.1 Å². The van der Waals surface area contributed by atoms with Crippen molar-refractivity contribution in [2.45, 2.75) is 18.2 Å². The van der Waals surface area contributed by atoms with Crippen LogP contribution in [0.25, 0.3) is 0 Å². The lowest BCUT2D eigenvalue weighted by atomic mass is 10.3. The first-order valence-electron chi connectivity index (χ1n) is 7.77. The number of thiophene rings is 1. The molecule has 1 aromatic heterocycles. The highest BCUT2D eigenvalue weighted by molar-refractivity contribution is 7.85. The van der Waals surface area contributed by atoms with Crippen molar-refractivity contribution in [3.05, 3.63) is 52.7 Å². The van der Waals surface area contributed by atoms with Crippen LogP contribution < -0.4 is 10.6 Å². The molecule has 2 aromatic rings. The van der Waals surface area contributed by atoms with Gasteiger partial charge in [0, 0.05) is 28.6 Å². The molecular formula is C17H23N3OS2. The maximum Gasteiger partial charge on any atom is 0.191 e. The summed E-state index contributed by atoms with van der Waals surface area (Å²) in [6, 6.07) is 13.7. The summed E-state index contributed by atoms with van der Waals surface area (Å²) < 4.78 is 12.2. The van der Waals surface area contributed by atoms with E-state index >= 15 is 0 Å². The predicted molar refractivity (Wildman–Crippen MR) is 99.7 cm³/mol. The van der Waals surface area contributed by atoms with Crippen molar-refractivity contribution in [3.63, 3.8) is 0 Å². The lowest BCUT2D eigenvalue weighted by Crippen LogP contribution is -2.38. The summed E-state index contributed by atoms with van der Waals surface area (Å²) in [6.07, 6.45) is 0.984. The second-order valence-corrected chi connectivity index (χ2v) is 7.48. The SMILES string of the molecule is CCNC(=NCCS(=O)c1ccccc1)NCCc1cccs1. The highest BCUT2D eigenvalue weighted by atomic mass is 32.2. The minimum Gasteiger partial charge on any atom is -0.357 e. The summed E-state index contributed by atoms with van der Waals surface area (Å²) in [5.74, 6) is 1.32. The van der Waals surface area contributed by atoms with Gasteiger partial charge in [0.1, 0.15) is 0 Å². The van der Waals surface area contributed by atoms with Crippen molar-refractivity contribution in [1.82, 2.24) is 10.6 Å². The third kappa shape index (κ3) is 6.54. The lowest BCUT2D eigenvalue weighted by molar-refractivity contribution is 0.682. The summed E-state index contributed by atoms with van der Waals surface area (Å²) in [5.41, 5.74) is 0. The number of nitrogens with zero attached hydrogens (tertiary/aromatic N) is 1. The zero-order chi connectivity index (χ0) is 16.3. The fourth-order valence-corrected chi connectivity index (χ4v) is 3.69. The Morgan fingerprint density at radius 2 is 2.00 bits per heavy atom. The van der Waals surface area contributed by atoms with Gasteiger partial charge < -0.3 is 10.6 Å². The van der Waals surface area contributed by atoms with Gasteiger partial charge in [-0.3, -0.25) is 9.20 Å². The van der Waals surface area contributed by atoms with Crippen LogP contribution in [0.1, 0.15) is 11.8 Å². The summed E-state index contributed by atoms with van der Waals surface area (Å²) in [7, 11) is -0.995. The van der Waals surface area contributed by atoms with Gasteiger partial charge in [-0.2, -0.15) is 0 Å². The van der Waals surface area contributed by atoms with E-state index in [2.05, 4.69) is 33.1 Å². The second-order valence-electron chi connectivity index (χ2n) is 4.88. The number of guanidine groups is 1. The molecule has 1 aromatic carbocycles. The molecule has 6 heteroatoms. The second kappa shape index (κ2) is 10.2. The first-order chi connectivity index (χ1) is 11.3. The molecular weight excluding hydrogens is 326 g/mol. The number of hydrogen-bond acceptors (Lipinski definition) is 3. The van der Waals surface area contributed by atoms with E-state index in [0.717, 1.165) is 30.4 Å². The molecule has 0 aliphatic heterocycles. The molecule has 4 nitrogen and oxygen atoms in total. The molecule has 0 amide bonds. The van der Waals surface area contributed by atoms with Crippen molar-refractivity contribution in [2.24, 2.45) is 4.99 Å². The van der Waals surface area contributed by atoms with Crippen LogP contribution in [0.2, 0.25) is 0 Å². The molecule has 0 radical (unpaired) electrons. The van der Waals surface area contributed by atoms with Crippen molar-refractivity contribution in [3.8, 4) is 0 Å². The molecule has 1 atom stereocenters. The van der Waals surface area contributed by atoms with E-state index in [-0.39, 0.29) is 0 Å². The Morgan fingerprint density at radius 1 is 1.17 bits per heavy atom. The van der Waals surface area contributed by atoms with Crippen LogP contribution in [0.15, 0.2) is 57.7 Å². The molecule has 0 saturated carbocycles. The molecule has 0 aliphatic carbocycles. The summed E-state index contributed by atoms with van der Waals surface area (Å²) in [6.45, 7) is 4.23. The standard InChI is InChI=1S/C17H23N3OS2/c1-2-18-17(19-11-10-15-7-6-13-22-15)20-12-14-23(21)16-8-4-3-5-9-16/h3-9,13H,2,10-12,14H2,1H3,(H2,18,19,20). The van der Waals surface area contributed by atoms with Crippen LogP contribution in [-0.2, 0) is 17.2 Å². The molecule has 124 valence electrons. The fraction of sp³-hybridized carbons (Fsp3) is 0.353. The topological polar surface area (TPSA) is 53.5 Å². The van der Waals surface area contributed by atoms with E-state index in [4.69, 9.17) is 0 Å². The largest absolute Gasteiger partial charge is 0.357 e. The maximum absolute atomic E-state index is 12.2. The highest BCUT2D eigenvalue weighted by Crippen LogP contribution is 2.08. The number of hydrogen-bond donors (Lipinski definition) is 2. The third-order valence-electron chi connectivity index (χ3n) is 3.14. The molecule has 0 bridgehead atoms. The quantitative estimate of drug-likeness (QED) is 0.569. The minimum atomic E-state index is -0.995. The molecule has 2 N–H and O–H groups in total. The Hall–Kier alpha value is -1.66. The van der Waals surface area contributed by atoms with E-state index in [1.807, 2.05) is 37.3 Å². The minimum absolute atomic E-state index is 0.533. The molecule has 0 aliphatic rings. The van der Waals surface area contributed by atoms with Gasteiger partial charge in [-0.15, -0.1) is 11.3 Å². The smallest absolute Gasteiger partial charge is 0.191 e. The fourth-order valence-electron chi connectivity index (χ4n) is 2.03. The molecule has 0 fully saturated rings. The van der Waals surface area contributed by atoms with Gasteiger partial charge in [-0.05, 0) is 36.9 Å². The third-order valence-corrected chi connectivity index (χ3v) is 5.43. The first-order valence-corrected chi connectivity index (χ1v) is 9.97. The van der Waals surface area contributed by atoms with Gasteiger partial charge in [0.2, 0.25) is 0 Å². The van der Waals surface area contributed by atoms with Gasteiger partial charge in [0.15, 0.2) is 5.96 Å². The number of benzene rings is 1. The Labute approximate surface area is 144 Å². The zero-order valence-corrected chi connectivity index (χ0v) is 15.0. The number of rotatable bonds is 8. The Morgan fingerprint density at radius 3 is 2.70 bits per heavy atom. The van der Waals surface area contributed by atoms with Gasteiger partial charge in [0.05, 0.1) is 17.3 Å². The monoisotopic (exact) mass is 349 g/mol. The maximum atomic E-state index is 12.2. The van der Waals surface area contributed by atoms with Crippen molar-refractivity contribution in [2.75, 3.05) is 25.4 Å². The molecule has 0 saturated heterocycles. The normalized spacial score (nSPS) is 12.8. The van der Waals surface area contributed by atoms with Crippen LogP contribution in [0.5, 0.6) is 0 Å². The van der Waals surface area contributed by atoms with E-state index < -0.39 is 10.8 Å². The van der Waals surface area contributed by atoms with Crippen LogP contribution in [0, 0.1) is 0 Å². The van der Waals surface area contributed by atoms with Crippen LogP contribution in [0.4, 0.5) is 0 Å². The zero-order valence-electron chi connectivity index (χ0n) is 13.3. The molecule has 0 spiro atoms. The highest BCUT2D eigenvalue weighted by Gasteiger charge is 2.03. The Bertz CT molecular complexity index is 612. The summed E-state index contributed by atoms with van der Waals surface area (Å²) >= 11 is 1.77. The number of aliphatic imine (C=N–C) groups is 1. The Balaban J connectivity index is 1.77. The predicted octanol–water partition coefficient (Wildman–Crippen LogP) is 2.65. The average Bonchev–Trinajstić information content (AvgIpc) is 3.09. The molecule has 1 unspecified atom stereocenters. The lowest BCUT2D eigenvalue weighted by Gasteiger charge is -2.10. The van der Waals surface area contributed by atoms with E-state index in [1.165, 1.54) is 4.88 Å². The van der Waals surface area contributed by atoms with E-state index in [1.54, 1.807) is 11.3 Å². The van der Waals surface area contributed by atoms with Gasteiger partial charge in [-0.1, -0.05) is 24.3 Å². The van der Waals surface area contributed by atoms with Crippen LogP contribution >= 0.6 is 11.3 Å². The Kier molecular flexibility index (Phi) is 7.83. The van der Waals surface area contributed by atoms with Crippen molar-refractivity contribution < 1.29 is 4.21 Å². The van der Waals surface area contributed by atoms with Gasteiger partial charge in [-0.25, -0.2) is 0 Å². The average molecular weight is 350 g/mol. The summed E-state index contributed by atoms with van der Waals surface area (Å²) in [5, 5.41) is 8.63. The number of nitrogens with one attached hydrogen (secondary N) is 2. The van der Waals surface area contributed by atoms with Gasteiger partial charge in [0.25, 0.3) is 0 Å². The van der Waals surface area contributed by atoms with Gasteiger partial charge >= 0.3 is 0 Å². The van der Waals surface area contributed by atoms with Crippen LogP contribution in [0.3, 0.4) is 0 Å².